The molecule has 0 aromatic carbocycles. The summed E-state index contributed by atoms with van der Waals surface area (Å²) in [5, 5.41) is 8.85. The van der Waals surface area contributed by atoms with Gasteiger partial charge in [0.2, 0.25) is 0 Å². The van der Waals surface area contributed by atoms with Crippen LogP contribution in [0.2, 0.25) is 0 Å². The summed E-state index contributed by atoms with van der Waals surface area (Å²) in [6, 6.07) is 0. The Morgan fingerprint density at radius 2 is 1.14 bits per heavy atom. The summed E-state index contributed by atoms with van der Waals surface area (Å²) in [4.78, 5) is 4.88. The molecule has 0 bridgehead atoms. The van der Waals surface area contributed by atoms with E-state index in [2.05, 4.69) is 30.8 Å². The van der Waals surface area contributed by atoms with Crippen molar-refractivity contribution in [1.29, 1.82) is 0 Å². The SMILES string of the molecule is CCCCCCCCCN(CCCCCO)CCN(C)C. The lowest BCUT2D eigenvalue weighted by molar-refractivity contribution is 0.226. The van der Waals surface area contributed by atoms with Gasteiger partial charge in [-0.3, -0.25) is 0 Å². The molecule has 0 rings (SSSR count). The van der Waals surface area contributed by atoms with Gasteiger partial charge in [-0.25, -0.2) is 0 Å². The van der Waals surface area contributed by atoms with Crippen LogP contribution in [0.25, 0.3) is 0 Å². The van der Waals surface area contributed by atoms with Crippen molar-refractivity contribution in [2.24, 2.45) is 0 Å². The minimum Gasteiger partial charge on any atom is -0.396 e. The van der Waals surface area contributed by atoms with Gasteiger partial charge in [-0.2, -0.15) is 0 Å². The molecule has 0 aliphatic carbocycles. The van der Waals surface area contributed by atoms with Crippen LogP contribution in [-0.2, 0) is 0 Å². The molecule has 0 saturated heterocycles. The van der Waals surface area contributed by atoms with E-state index in [1.807, 2.05) is 0 Å². The largest absolute Gasteiger partial charge is 0.396 e. The fourth-order valence-electron chi connectivity index (χ4n) is 2.59. The fraction of sp³-hybridized carbons (Fsp3) is 1.00. The predicted molar refractivity (Wildman–Crippen MR) is 93.9 cm³/mol. The number of hydrogen-bond donors (Lipinski definition) is 1. The average molecular weight is 301 g/mol. The molecule has 3 heteroatoms. The molecular weight excluding hydrogens is 260 g/mol. The summed E-state index contributed by atoms with van der Waals surface area (Å²) in [7, 11) is 4.30. The lowest BCUT2D eigenvalue weighted by Gasteiger charge is -2.24. The van der Waals surface area contributed by atoms with Crippen LogP contribution < -0.4 is 0 Å². The number of hydrogen-bond acceptors (Lipinski definition) is 3. The third-order valence-corrected chi connectivity index (χ3v) is 4.07. The van der Waals surface area contributed by atoms with Crippen molar-refractivity contribution >= 4 is 0 Å². The van der Waals surface area contributed by atoms with Crippen LogP contribution in [0.15, 0.2) is 0 Å². The van der Waals surface area contributed by atoms with E-state index in [0.29, 0.717) is 6.61 Å². The predicted octanol–water partition coefficient (Wildman–Crippen LogP) is 3.76. The van der Waals surface area contributed by atoms with Gasteiger partial charge < -0.3 is 14.9 Å². The Balaban J connectivity index is 3.66. The molecule has 0 aromatic heterocycles. The highest BCUT2D eigenvalue weighted by Crippen LogP contribution is 2.08. The van der Waals surface area contributed by atoms with Gasteiger partial charge in [0.05, 0.1) is 0 Å². The van der Waals surface area contributed by atoms with Crippen LogP contribution in [0.4, 0.5) is 0 Å². The first-order chi connectivity index (χ1) is 10.2. The first kappa shape index (κ1) is 20.9. The van der Waals surface area contributed by atoms with E-state index in [-0.39, 0.29) is 0 Å². The second-order valence-corrected chi connectivity index (χ2v) is 6.55. The minimum atomic E-state index is 0.343. The number of aliphatic hydroxyl groups is 1. The summed E-state index contributed by atoms with van der Waals surface area (Å²) in [6.07, 6.45) is 13.1. The average Bonchev–Trinajstić information content (AvgIpc) is 2.47. The molecular formula is C18H40N2O. The summed E-state index contributed by atoms with van der Waals surface area (Å²) >= 11 is 0. The lowest BCUT2D eigenvalue weighted by Crippen LogP contribution is -2.33. The fourth-order valence-corrected chi connectivity index (χ4v) is 2.59. The highest BCUT2D eigenvalue weighted by Gasteiger charge is 2.05. The van der Waals surface area contributed by atoms with Crippen LogP contribution in [0.5, 0.6) is 0 Å². The molecule has 0 radical (unpaired) electrons. The normalized spacial score (nSPS) is 11.7. The van der Waals surface area contributed by atoms with Crippen LogP contribution >= 0.6 is 0 Å². The number of nitrogens with zero attached hydrogens (tertiary/aromatic N) is 2. The molecule has 128 valence electrons. The monoisotopic (exact) mass is 300 g/mol. The third-order valence-electron chi connectivity index (χ3n) is 4.07. The Hall–Kier alpha value is -0.120. The van der Waals surface area contributed by atoms with Crippen molar-refractivity contribution in [1.82, 2.24) is 9.80 Å². The highest BCUT2D eigenvalue weighted by molar-refractivity contribution is 4.61. The van der Waals surface area contributed by atoms with Crippen molar-refractivity contribution in [3.05, 3.63) is 0 Å². The Labute approximate surface area is 133 Å². The number of unbranched alkanes of at least 4 members (excludes halogenated alkanes) is 8. The third kappa shape index (κ3) is 16.1. The summed E-state index contributed by atoms with van der Waals surface area (Å²) in [5.41, 5.74) is 0. The smallest absolute Gasteiger partial charge is 0.0431 e. The maximum absolute atomic E-state index is 8.85. The topological polar surface area (TPSA) is 26.7 Å². The lowest BCUT2D eigenvalue weighted by atomic mass is 10.1. The Bertz CT molecular complexity index is 198. The van der Waals surface area contributed by atoms with E-state index in [1.165, 1.54) is 71.0 Å². The van der Waals surface area contributed by atoms with Gasteiger partial charge in [-0.1, -0.05) is 45.4 Å². The van der Waals surface area contributed by atoms with Crippen molar-refractivity contribution in [2.75, 3.05) is 46.9 Å². The molecule has 3 nitrogen and oxygen atoms in total. The van der Waals surface area contributed by atoms with E-state index in [0.717, 1.165) is 19.4 Å². The molecule has 0 saturated carbocycles. The van der Waals surface area contributed by atoms with Gasteiger partial charge in [-0.15, -0.1) is 0 Å². The summed E-state index contributed by atoms with van der Waals surface area (Å²) in [6.45, 7) is 7.40. The molecule has 0 aliphatic heterocycles. The first-order valence-corrected chi connectivity index (χ1v) is 9.18. The molecule has 0 fully saturated rings. The molecule has 0 heterocycles. The quantitative estimate of drug-likeness (QED) is 0.440. The van der Waals surface area contributed by atoms with E-state index < -0.39 is 0 Å². The molecule has 0 aromatic rings. The van der Waals surface area contributed by atoms with Crippen molar-refractivity contribution < 1.29 is 5.11 Å². The second-order valence-electron chi connectivity index (χ2n) is 6.55. The maximum Gasteiger partial charge on any atom is 0.0431 e. The maximum atomic E-state index is 8.85. The molecule has 0 aliphatic rings. The van der Waals surface area contributed by atoms with E-state index in [4.69, 9.17) is 5.11 Å². The minimum absolute atomic E-state index is 0.343. The van der Waals surface area contributed by atoms with Crippen LogP contribution in [0.1, 0.15) is 71.1 Å². The zero-order valence-corrected chi connectivity index (χ0v) is 14.9. The number of likely N-dealkylation sites (N-methyl/N-ethyl adjacent to an activating group) is 1. The van der Waals surface area contributed by atoms with Crippen LogP contribution in [0, 0.1) is 0 Å². The molecule has 21 heavy (non-hydrogen) atoms. The van der Waals surface area contributed by atoms with Crippen molar-refractivity contribution in [3.63, 3.8) is 0 Å². The Kier molecular flexibility index (Phi) is 16.2. The Morgan fingerprint density at radius 1 is 0.619 bits per heavy atom. The van der Waals surface area contributed by atoms with Gasteiger partial charge in [0.25, 0.3) is 0 Å². The van der Waals surface area contributed by atoms with Crippen molar-refractivity contribution in [3.8, 4) is 0 Å². The van der Waals surface area contributed by atoms with Gasteiger partial charge >= 0.3 is 0 Å². The van der Waals surface area contributed by atoms with Gasteiger partial charge in [0.15, 0.2) is 0 Å². The number of rotatable bonds is 16. The molecule has 0 unspecified atom stereocenters. The van der Waals surface area contributed by atoms with Gasteiger partial charge in [-0.05, 0) is 52.9 Å². The second kappa shape index (κ2) is 16.3. The van der Waals surface area contributed by atoms with E-state index >= 15 is 0 Å². The summed E-state index contributed by atoms with van der Waals surface area (Å²) in [5.74, 6) is 0. The molecule has 0 spiro atoms. The standard InChI is InChI=1S/C18H40N2O/c1-4-5-6-7-8-9-11-14-20(17-16-19(2)3)15-12-10-13-18-21/h21H,4-18H2,1-3H3. The van der Waals surface area contributed by atoms with Gasteiger partial charge in [0, 0.05) is 19.7 Å². The van der Waals surface area contributed by atoms with E-state index in [1.54, 1.807) is 0 Å². The van der Waals surface area contributed by atoms with Gasteiger partial charge in [0.1, 0.15) is 0 Å². The van der Waals surface area contributed by atoms with Crippen molar-refractivity contribution in [2.45, 2.75) is 71.1 Å². The van der Waals surface area contributed by atoms with Crippen LogP contribution in [0.3, 0.4) is 0 Å². The van der Waals surface area contributed by atoms with Crippen LogP contribution in [-0.4, -0.2) is 61.8 Å². The zero-order valence-electron chi connectivity index (χ0n) is 14.9. The Morgan fingerprint density at radius 3 is 1.67 bits per heavy atom. The number of aliphatic hydroxyl groups excluding tert-OH is 1. The summed E-state index contributed by atoms with van der Waals surface area (Å²) < 4.78 is 0. The molecule has 0 atom stereocenters. The zero-order chi connectivity index (χ0) is 15.8. The first-order valence-electron chi connectivity index (χ1n) is 9.18. The molecule has 0 amide bonds. The molecule has 1 N–H and O–H groups in total. The van der Waals surface area contributed by atoms with E-state index in [9.17, 15) is 0 Å². The highest BCUT2D eigenvalue weighted by atomic mass is 16.2.